The molecule has 5 aromatic rings. The molecule has 0 aliphatic rings. The topological polar surface area (TPSA) is 138 Å². The zero-order chi connectivity index (χ0) is 29.8. The number of carboxylic acid groups (broad SMARTS) is 2. The molecule has 5 rings (SSSR count). The minimum Gasteiger partial charge on any atom is -0.475 e. The first-order chi connectivity index (χ1) is 18.6. The first kappa shape index (κ1) is 29.9. The number of hydrogen-bond acceptors (Lipinski definition) is 5. The number of fused-ring (bicyclic) bond motifs is 3. The fourth-order valence-electron chi connectivity index (χ4n) is 3.45. The van der Waals surface area contributed by atoms with Gasteiger partial charge in [-0.1, -0.05) is 23.7 Å². The summed E-state index contributed by atoms with van der Waals surface area (Å²) in [5.74, 6) is -4.65. The maximum absolute atomic E-state index is 10.6. The van der Waals surface area contributed by atoms with E-state index in [1.807, 2.05) is 37.3 Å². The molecule has 0 saturated heterocycles. The van der Waals surface area contributed by atoms with Gasteiger partial charge in [0.2, 0.25) is 0 Å². The van der Waals surface area contributed by atoms with Crippen molar-refractivity contribution in [2.45, 2.75) is 25.8 Å². The van der Waals surface area contributed by atoms with Crippen molar-refractivity contribution in [2.24, 2.45) is 0 Å². The zero-order valence-corrected chi connectivity index (χ0v) is 20.8. The van der Waals surface area contributed by atoms with Crippen molar-refractivity contribution in [3.05, 3.63) is 71.1 Å². The SMILES string of the molecule is Cc1nnc2ccc3c(cc(-c4ccn[nH]4)n3Cc3cccc(Cl)c3)n12.O=C(O)C(F)(F)F.O=C(O)C(F)(F)F. The number of aromatic nitrogens is 6. The molecule has 40 heavy (non-hydrogen) atoms. The van der Waals surface area contributed by atoms with Crippen LogP contribution < -0.4 is 0 Å². The second-order valence-electron chi connectivity index (χ2n) is 7.87. The van der Waals surface area contributed by atoms with E-state index in [4.69, 9.17) is 31.4 Å². The van der Waals surface area contributed by atoms with E-state index in [0.29, 0.717) is 6.54 Å². The highest BCUT2D eigenvalue weighted by atomic mass is 35.5. The van der Waals surface area contributed by atoms with Gasteiger partial charge in [0.05, 0.1) is 22.4 Å². The predicted molar refractivity (Wildman–Crippen MR) is 129 cm³/mol. The number of carbonyl (C=O) groups is 2. The summed E-state index contributed by atoms with van der Waals surface area (Å²) in [4.78, 5) is 17.8. The van der Waals surface area contributed by atoms with E-state index < -0.39 is 24.3 Å². The summed E-state index contributed by atoms with van der Waals surface area (Å²) in [5.41, 5.74) is 6.16. The van der Waals surface area contributed by atoms with Gasteiger partial charge in [-0.15, -0.1) is 10.2 Å². The fourth-order valence-corrected chi connectivity index (χ4v) is 3.66. The van der Waals surface area contributed by atoms with Crippen molar-refractivity contribution in [1.82, 2.24) is 29.4 Å². The van der Waals surface area contributed by atoms with Crippen LogP contribution in [-0.4, -0.2) is 63.9 Å². The van der Waals surface area contributed by atoms with Crippen LogP contribution >= 0.6 is 11.6 Å². The number of aryl methyl sites for hydroxylation is 1. The number of alkyl halides is 6. The van der Waals surface area contributed by atoms with Crippen molar-refractivity contribution in [2.75, 3.05) is 0 Å². The maximum Gasteiger partial charge on any atom is 0.490 e. The summed E-state index contributed by atoms with van der Waals surface area (Å²) in [7, 11) is 0. The molecule has 212 valence electrons. The quantitative estimate of drug-likeness (QED) is 0.241. The predicted octanol–water partition coefficient (Wildman–Crippen LogP) is 5.35. The van der Waals surface area contributed by atoms with E-state index in [9.17, 15) is 26.3 Å². The van der Waals surface area contributed by atoms with Crippen molar-refractivity contribution >= 4 is 40.2 Å². The third-order valence-corrected chi connectivity index (χ3v) is 5.33. The Bertz CT molecular complexity index is 1620. The number of aliphatic carboxylic acids is 2. The Labute approximate surface area is 224 Å². The van der Waals surface area contributed by atoms with Crippen LogP contribution in [0, 0.1) is 6.92 Å². The van der Waals surface area contributed by atoms with Crippen LogP contribution in [0.2, 0.25) is 5.02 Å². The molecule has 0 spiro atoms. The molecular formula is C23H17ClF6N6O4. The largest absolute Gasteiger partial charge is 0.490 e. The number of nitrogens with zero attached hydrogens (tertiary/aromatic N) is 5. The minimum absolute atomic E-state index is 0.699. The summed E-state index contributed by atoms with van der Waals surface area (Å²) >= 11 is 6.18. The van der Waals surface area contributed by atoms with E-state index in [2.05, 4.69) is 47.6 Å². The number of halogens is 7. The Morgan fingerprint density at radius 3 is 2.08 bits per heavy atom. The molecule has 0 unspecified atom stereocenters. The summed E-state index contributed by atoms with van der Waals surface area (Å²) in [5, 5.41) is 30.6. The Kier molecular flexibility index (Phi) is 8.72. The van der Waals surface area contributed by atoms with E-state index in [1.54, 1.807) is 6.20 Å². The van der Waals surface area contributed by atoms with Crippen molar-refractivity contribution in [3.63, 3.8) is 0 Å². The minimum atomic E-state index is -5.08. The van der Waals surface area contributed by atoms with Crippen LogP contribution in [-0.2, 0) is 16.1 Å². The molecule has 0 radical (unpaired) electrons. The van der Waals surface area contributed by atoms with Crippen LogP contribution in [0.25, 0.3) is 28.1 Å². The van der Waals surface area contributed by atoms with Gasteiger partial charge < -0.3 is 14.8 Å². The monoisotopic (exact) mass is 590 g/mol. The summed E-state index contributed by atoms with van der Waals surface area (Å²) in [6, 6.07) is 16.1. The van der Waals surface area contributed by atoms with Crippen LogP contribution in [0.3, 0.4) is 0 Å². The first-order valence-electron chi connectivity index (χ1n) is 10.8. The molecule has 17 heteroatoms. The highest BCUT2D eigenvalue weighted by Crippen LogP contribution is 2.29. The Balaban J connectivity index is 0.000000263. The van der Waals surface area contributed by atoms with Crippen LogP contribution in [0.15, 0.2) is 54.7 Å². The van der Waals surface area contributed by atoms with E-state index in [-0.39, 0.29) is 0 Å². The molecule has 0 aliphatic heterocycles. The smallest absolute Gasteiger partial charge is 0.475 e. The van der Waals surface area contributed by atoms with Gasteiger partial charge in [-0.3, -0.25) is 9.50 Å². The number of benzene rings is 1. The summed E-state index contributed by atoms with van der Waals surface area (Å²) < 4.78 is 67.8. The number of nitrogens with one attached hydrogen (secondary N) is 1. The number of pyridine rings is 1. The molecule has 3 N–H and O–H groups in total. The van der Waals surface area contributed by atoms with Crippen molar-refractivity contribution < 1.29 is 46.1 Å². The second kappa shape index (κ2) is 11.6. The first-order valence-corrected chi connectivity index (χ1v) is 11.2. The lowest BCUT2D eigenvalue weighted by atomic mass is 10.2. The van der Waals surface area contributed by atoms with Gasteiger partial charge in [0.15, 0.2) is 5.65 Å². The Morgan fingerprint density at radius 1 is 0.925 bits per heavy atom. The molecule has 1 aromatic carbocycles. The lowest BCUT2D eigenvalue weighted by Gasteiger charge is -2.10. The van der Waals surface area contributed by atoms with Gasteiger partial charge in [0.1, 0.15) is 5.82 Å². The molecular weight excluding hydrogens is 574 g/mol. The molecule has 10 nitrogen and oxygen atoms in total. The Hall–Kier alpha value is -4.60. The molecule has 0 bridgehead atoms. The molecule has 0 amide bonds. The van der Waals surface area contributed by atoms with E-state index in [1.165, 1.54) is 0 Å². The van der Waals surface area contributed by atoms with Crippen LogP contribution in [0.4, 0.5) is 26.3 Å². The average Bonchev–Trinajstić information content (AvgIpc) is 3.58. The van der Waals surface area contributed by atoms with E-state index in [0.717, 1.165) is 44.5 Å². The number of aromatic amines is 1. The van der Waals surface area contributed by atoms with Gasteiger partial charge in [-0.05, 0) is 48.9 Å². The van der Waals surface area contributed by atoms with E-state index >= 15 is 0 Å². The summed E-state index contributed by atoms with van der Waals surface area (Å²) in [6.45, 7) is 2.66. The molecule has 4 heterocycles. The third kappa shape index (κ3) is 7.07. The normalized spacial score (nSPS) is 11.5. The van der Waals surface area contributed by atoms with Crippen molar-refractivity contribution in [1.29, 1.82) is 0 Å². The average molecular weight is 591 g/mol. The highest BCUT2D eigenvalue weighted by molar-refractivity contribution is 6.30. The molecule has 4 aromatic heterocycles. The molecule has 0 fully saturated rings. The molecule has 0 atom stereocenters. The van der Waals surface area contributed by atoms with Gasteiger partial charge in [0, 0.05) is 17.8 Å². The molecule has 0 saturated carbocycles. The fraction of sp³-hybridized carbons (Fsp3) is 0.174. The number of hydrogen-bond donors (Lipinski definition) is 3. The number of rotatable bonds is 3. The standard InChI is InChI=1S/C19H15ClN6.2C2HF3O2/c1-12-22-24-19-6-5-16-18(26(12)19)10-17(15-7-8-21-23-15)25(16)11-13-3-2-4-14(20)9-13;2*3-2(4,5)1(6)7/h2-10H,11H2,1H3,(H,21,23);2*(H,6,7). The number of H-pyrrole nitrogens is 1. The lowest BCUT2D eigenvalue weighted by molar-refractivity contribution is -0.193. The van der Waals surface area contributed by atoms with Gasteiger partial charge in [-0.25, -0.2) is 9.59 Å². The van der Waals surface area contributed by atoms with Crippen molar-refractivity contribution in [3.8, 4) is 11.4 Å². The van der Waals surface area contributed by atoms with Gasteiger partial charge in [0.25, 0.3) is 0 Å². The van der Waals surface area contributed by atoms with Gasteiger partial charge in [-0.2, -0.15) is 31.4 Å². The Morgan fingerprint density at radius 2 is 1.55 bits per heavy atom. The zero-order valence-electron chi connectivity index (χ0n) is 20.0. The maximum atomic E-state index is 10.6. The number of carboxylic acids is 2. The molecule has 0 aliphatic carbocycles. The van der Waals surface area contributed by atoms with Crippen LogP contribution in [0.1, 0.15) is 11.4 Å². The summed E-state index contributed by atoms with van der Waals surface area (Å²) in [6.07, 6.45) is -8.41. The van der Waals surface area contributed by atoms with Gasteiger partial charge >= 0.3 is 24.3 Å². The third-order valence-electron chi connectivity index (χ3n) is 5.09. The second-order valence-corrected chi connectivity index (χ2v) is 8.30. The highest BCUT2D eigenvalue weighted by Gasteiger charge is 2.38. The van der Waals surface area contributed by atoms with Crippen LogP contribution in [0.5, 0.6) is 0 Å². The lowest BCUT2D eigenvalue weighted by Crippen LogP contribution is -2.21.